The van der Waals surface area contributed by atoms with Crippen LogP contribution in [0.1, 0.15) is 16.7 Å². The summed E-state index contributed by atoms with van der Waals surface area (Å²) in [6, 6.07) is 18.4. The van der Waals surface area contributed by atoms with Gasteiger partial charge in [0.15, 0.2) is 5.78 Å². The number of hydrogen-bond donors (Lipinski definition) is 0. The number of nitrogens with zero attached hydrogens (tertiary/aromatic N) is 2. The molecule has 0 unspecified atom stereocenters. The Balaban J connectivity index is 1.43. The van der Waals surface area contributed by atoms with Gasteiger partial charge in [0.05, 0.1) is 10.9 Å². The third-order valence-electron chi connectivity index (χ3n) is 4.75. The maximum Gasteiger partial charge on any atom is 0.230 e. The molecule has 32 heavy (non-hydrogen) atoms. The van der Waals surface area contributed by atoms with E-state index in [1.165, 1.54) is 18.5 Å². The second-order valence-electron chi connectivity index (χ2n) is 7.06. The molecule has 6 heteroatoms. The van der Waals surface area contributed by atoms with Crippen molar-refractivity contribution in [3.8, 4) is 11.6 Å². The van der Waals surface area contributed by atoms with Crippen molar-refractivity contribution in [2.24, 2.45) is 0 Å². The summed E-state index contributed by atoms with van der Waals surface area (Å²) in [5.41, 5.74) is 3.52. The highest BCUT2D eigenvalue weighted by Gasteiger charge is 2.07. The zero-order valence-electron chi connectivity index (χ0n) is 17.1. The average molecular weight is 461 g/mol. The van der Waals surface area contributed by atoms with Gasteiger partial charge in [0, 0.05) is 10.0 Å². The lowest BCUT2D eigenvalue weighted by molar-refractivity contribution is -0.110. The molecule has 0 saturated heterocycles. The highest BCUT2D eigenvalue weighted by molar-refractivity contribution is 6.35. The highest BCUT2D eigenvalue weighted by Crippen LogP contribution is 2.28. The number of allylic oxidation sites excluding steroid dienone is 2. The summed E-state index contributed by atoms with van der Waals surface area (Å²) < 4.78 is 5.96. The van der Waals surface area contributed by atoms with Gasteiger partial charge in [0.1, 0.15) is 12.1 Å². The van der Waals surface area contributed by atoms with Gasteiger partial charge in [-0.15, -0.1) is 0 Å². The van der Waals surface area contributed by atoms with Gasteiger partial charge in [0.2, 0.25) is 5.88 Å². The van der Waals surface area contributed by atoms with Crippen LogP contribution in [0.4, 0.5) is 0 Å². The van der Waals surface area contributed by atoms with Crippen LogP contribution in [0, 0.1) is 6.92 Å². The predicted octanol–water partition coefficient (Wildman–Crippen LogP) is 7.33. The summed E-state index contributed by atoms with van der Waals surface area (Å²) in [4.78, 5) is 20.7. The topological polar surface area (TPSA) is 52.1 Å². The fourth-order valence-corrected chi connectivity index (χ4v) is 3.57. The Morgan fingerprint density at radius 2 is 1.72 bits per heavy atom. The Bertz CT molecular complexity index is 1350. The molecular formula is C26H18Cl2N2O2. The molecule has 0 aliphatic carbocycles. The molecule has 4 rings (SSSR count). The van der Waals surface area contributed by atoms with Crippen molar-refractivity contribution in [3.63, 3.8) is 0 Å². The summed E-state index contributed by atoms with van der Waals surface area (Å²) in [5.74, 6) is 0.995. The number of halogens is 2. The summed E-state index contributed by atoms with van der Waals surface area (Å²) >= 11 is 12.0. The van der Waals surface area contributed by atoms with Crippen LogP contribution in [0.3, 0.4) is 0 Å². The second-order valence-corrected chi connectivity index (χ2v) is 7.90. The van der Waals surface area contributed by atoms with E-state index >= 15 is 0 Å². The number of aryl methyl sites for hydroxylation is 1. The molecule has 4 aromatic rings. The van der Waals surface area contributed by atoms with Crippen LogP contribution in [0.2, 0.25) is 10.0 Å². The van der Waals surface area contributed by atoms with E-state index in [0.717, 1.165) is 27.6 Å². The molecule has 3 aromatic carbocycles. The van der Waals surface area contributed by atoms with Crippen molar-refractivity contribution < 1.29 is 9.53 Å². The fourth-order valence-electron chi connectivity index (χ4n) is 3.09. The Hall–Kier alpha value is -3.47. The molecule has 158 valence electrons. The molecule has 0 saturated carbocycles. The number of carbonyl (C=O) groups excluding carboxylic acids is 1. The first kappa shape index (κ1) is 21.8. The number of hydrogen-bond acceptors (Lipinski definition) is 4. The first-order valence-electron chi connectivity index (χ1n) is 9.83. The van der Waals surface area contributed by atoms with E-state index in [9.17, 15) is 4.79 Å². The molecule has 0 amide bonds. The van der Waals surface area contributed by atoms with Crippen molar-refractivity contribution in [1.82, 2.24) is 9.97 Å². The van der Waals surface area contributed by atoms with Crippen LogP contribution in [0.5, 0.6) is 11.6 Å². The van der Waals surface area contributed by atoms with Gasteiger partial charge in [0.25, 0.3) is 0 Å². The number of para-hydroxylation sites is 1. The van der Waals surface area contributed by atoms with Crippen LogP contribution in [-0.2, 0) is 4.79 Å². The molecule has 1 heterocycles. The van der Waals surface area contributed by atoms with Gasteiger partial charge in [-0.25, -0.2) is 9.97 Å². The minimum absolute atomic E-state index is 0.154. The van der Waals surface area contributed by atoms with Gasteiger partial charge < -0.3 is 4.74 Å². The minimum atomic E-state index is -0.154. The van der Waals surface area contributed by atoms with Crippen LogP contribution in [0.25, 0.3) is 23.1 Å². The van der Waals surface area contributed by atoms with Crippen molar-refractivity contribution in [2.75, 3.05) is 0 Å². The van der Waals surface area contributed by atoms with E-state index in [1.807, 2.05) is 49.4 Å². The van der Waals surface area contributed by atoms with E-state index in [2.05, 4.69) is 9.97 Å². The molecule has 0 aliphatic rings. The smallest absolute Gasteiger partial charge is 0.230 e. The predicted molar refractivity (Wildman–Crippen MR) is 130 cm³/mol. The molecule has 0 atom stereocenters. The number of fused-ring (bicyclic) bond motifs is 1. The minimum Gasteiger partial charge on any atom is -0.438 e. The maximum atomic E-state index is 12.1. The molecule has 0 radical (unpaired) electrons. The Morgan fingerprint density at radius 1 is 0.938 bits per heavy atom. The first-order chi connectivity index (χ1) is 15.5. The van der Waals surface area contributed by atoms with Gasteiger partial charge in [-0.1, -0.05) is 59.6 Å². The van der Waals surface area contributed by atoms with E-state index < -0.39 is 0 Å². The zero-order valence-corrected chi connectivity index (χ0v) is 18.6. The number of ether oxygens (including phenoxy) is 1. The van der Waals surface area contributed by atoms with Crippen LogP contribution >= 0.6 is 23.2 Å². The van der Waals surface area contributed by atoms with E-state index in [-0.39, 0.29) is 5.78 Å². The molecule has 0 N–H and O–H groups in total. The lowest BCUT2D eigenvalue weighted by Crippen LogP contribution is -1.92. The normalized spacial score (nSPS) is 11.5. The molecule has 0 bridgehead atoms. The molecule has 4 nitrogen and oxygen atoms in total. The summed E-state index contributed by atoms with van der Waals surface area (Å²) in [7, 11) is 0. The third-order valence-corrected chi connectivity index (χ3v) is 5.32. The fraction of sp³-hybridized carbons (Fsp3) is 0.0385. The highest BCUT2D eigenvalue weighted by atomic mass is 35.5. The third kappa shape index (κ3) is 5.22. The van der Waals surface area contributed by atoms with E-state index in [0.29, 0.717) is 21.7 Å². The van der Waals surface area contributed by atoms with Crippen LogP contribution in [-0.4, -0.2) is 15.8 Å². The Morgan fingerprint density at radius 3 is 2.50 bits per heavy atom. The monoisotopic (exact) mass is 460 g/mol. The summed E-state index contributed by atoms with van der Waals surface area (Å²) in [5, 5.41) is 1.90. The molecule has 0 spiro atoms. The average Bonchev–Trinajstić information content (AvgIpc) is 2.79. The number of rotatable bonds is 6. The largest absolute Gasteiger partial charge is 0.438 e. The number of aromatic nitrogens is 2. The molecular weight excluding hydrogens is 443 g/mol. The Kier molecular flexibility index (Phi) is 6.64. The molecule has 0 aliphatic heterocycles. The van der Waals surface area contributed by atoms with Crippen LogP contribution in [0.15, 0.2) is 79.1 Å². The number of carbonyl (C=O) groups is 1. The number of benzene rings is 3. The van der Waals surface area contributed by atoms with Crippen molar-refractivity contribution >= 4 is 52.0 Å². The SMILES string of the molecule is Cc1cccc2c(Oc3ccc(/C=C/C(=O)/C=C/c4ccc(Cl)cc4Cl)cc3)ncnc12. The molecule has 1 aromatic heterocycles. The van der Waals surface area contributed by atoms with Gasteiger partial charge in [-0.05, 0) is 72.2 Å². The summed E-state index contributed by atoms with van der Waals surface area (Å²) in [6.07, 6.45) is 7.86. The first-order valence-corrected chi connectivity index (χ1v) is 10.6. The zero-order chi connectivity index (χ0) is 22.5. The Labute approximate surface area is 195 Å². The lowest BCUT2D eigenvalue weighted by atomic mass is 10.1. The quantitative estimate of drug-likeness (QED) is 0.282. The van der Waals surface area contributed by atoms with Crippen molar-refractivity contribution in [3.05, 3.63) is 106 Å². The van der Waals surface area contributed by atoms with Crippen molar-refractivity contribution in [1.29, 1.82) is 0 Å². The standard InChI is InChI=1S/C26H18Cl2N2O2/c1-17-3-2-4-23-25(17)29-16-30-26(23)32-22-13-6-18(7-14-22)5-11-21(31)12-9-19-8-10-20(27)15-24(19)28/h2-16H,1H3/b11-5+,12-9+. The van der Waals surface area contributed by atoms with Gasteiger partial charge in [-0.2, -0.15) is 0 Å². The van der Waals surface area contributed by atoms with E-state index in [4.69, 9.17) is 27.9 Å². The van der Waals surface area contributed by atoms with Gasteiger partial charge in [-0.3, -0.25) is 4.79 Å². The van der Waals surface area contributed by atoms with Crippen LogP contribution < -0.4 is 4.74 Å². The second kappa shape index (κ2) is 9.77. The van der Waals surface area contributed by atoms with Gasteiger partial charge >= 0.3 is 0 Å². The van der Waals surface area contributed by atoms with Crippen molar-refractivity contribution in [2.45, 2.75) is 6.92 Å². The van der Waals surface area contributed by atoms with E-state index in [1.54, 1.807) is 30.4 Å². The maximum absolute atomic E-state index is 12.1. The number of ketones is 1. The molecule has 0 fully saturated rings. The lowest BCUT2D eigenvalue weighted by Gasteiger charge is -2.08. The summed E-state index contributed by atoms with van der Waals surface area (Å²) in [6.45, 7) is 2.00.